The molecule has 0 amide bonds. The molecule has 28 heavy (non-hydrogen) atoms. The molecular formula is C22H20N4O2. The summed E-state index contributed by atoms with van der Waals surface area (Å²) in [5, 5.41) is 4.41. The molecule has 0 aliphatic heterocycles. The van der Waals surface area contributed by atoms with E-state index in [1.54, 1.807) is 25.5 Å². The molecule has 0 aliphatic rings. The van der Waals surface area contributed by atoms with Gasteiger partial charge in [-0.05, 0) is 42.8 Å². The summed E-state index contributed by atoms with van der Waals surface area (Å²) < 4.78 is 5.31. The molecule has 2 N–H and O–H groups in total. The lowest BCUT2D eigenvalue weighted by Crippen LogP contribution is -2.17. The number of hydrogen-bond acceptors (Lipinski definition) is 5. The van der Waals surface area contributed by atoms with Crippen LogP contribution >= 0.6 is 0 Å². The number of ether oxygens (including phenoxy) is 1. The fourth-order valence-electron chi connectivity index (χ4n) is 3.30. The monoisotopic (exact) mass is 372 g/mol. The van der Waals surface area contributed by atoms with Crippen molar-refractivity contribution in [3.8, 4) is 0 Å². The maximum atomic E-state index is 12.7. The molecule has 1 atom stereocenters. The highest BCUT2D eigenvalue weighted by molar-refractivity contribution is 5.99. The molecule has 0 spiro atoms. The topological polar surface area (TPSA) is 79.9 Å². The molecule has 4 aromatic rings. The van der Waals surface area contributed by atoms with Gasteiger partial charge in [-0.1, -0.05) is 24.3 Å². The number of nitrogens with one attached hydrogen (secondary N) is 2. The Labute approximate surface area is 162 Å². The number of carbonyl (C=O) groups is 1. The smallest absolute Gasteiger partial charge is 0.355 e. The second-order valence-corrected chi connectivity index (χ2v) is 6.25. The standard InChI is InChI=1S/C22H20N4O2/c1-2-28-22(27)21-19(16-7-3-4-8-17(16)25-21)20(15-10-13-23-14-11-15)26-18-9-5-6-12-24-18/h3-14,20,25H,2H2,1H3,(H,24,26). The van der Waals surface area contributed by atoms with Crippen molar-refractivity contribution in [1.82, 2.24) is 15.0 Å². The summed E-state index contributed by atoms with van der Waals surface area (Å²) in [6.07, 6.45) is 5.20. The maximum absolute atomic E-state index is 12.7. The summed E-state index contributed by atoms with van der Waals surface area (Å²) in [5.74, 6) is 0.333. The van der Waals surface area contributed by atoms with Crippen LogP contribution in [0.4, 0.5) is 5.82 Å². The Kier molecular flexibility index (Phi) is 5.01. The van der Waals surface area contributed by atoms with Gasteiger partial charge in [0.15, 0.2) is 0 Å². The van der Waals surface area contributed by atoms with E-state index in [-0.39, 0.29) is 12.0 Å². The second kappa shape index (κ2) is 7.92. The van der Waals surface area contributed by atoms with Crippen LogP contribution in [0.5, 0.6) is 0 Å². The van der Waals surface area contributed by atoms with Crippen LogP contribution in [-0.4, -0.2) is 27.5 Å². The van der Waals surface area contributed by atoms with Crippen molar-refractivity contribution in [3.05, 3.63) is 90.0 Å². The highest BCUT2D eigenvalue weighted by atomic mass is 16.5. The van der Waals surface area contributed by atoms with E-state index < -0.39 is 0 Å². The molecule has 6 nitrogen and oxygen atoms in total. The number of para-hydroxylation sites is 1. The van der Waals surface area contributed by atoms with Crippen LogP contribution in [0.15, 0.2) is 73.2 Å². The molecule has 1 aromatic carbocycles. The predicted octanol–water partition coefficient (Wildman–Crippen LogP) is 4.34. The van der Waals surface area contributed by atoms with E-state index in [0.29, 0.717) is 18.1 Å². The number of nitrogens with zero attached hydrogens (tertiary/aromatic N) is 2. The third-order valence-electron chi connectivity index (χ3n) is 4.51. The largest absolute Gasteiger partial charge is 0.461 e. The van der Waals surface area contributed by atoms with E-state index in [9.17, 15) is 4.79 Å². The van der Waals surface area contributed by atoms with Crippen LogP contribution in [0.1, 0.15) is 34.6 Å². The minimum Gasteiger partial charge on any atom is -0.461 e. The molecule has 140 valence electrons. The summed E-state index contributed by atoms with van der Waals surface area (Å²) in [4.78, 5) is 24.5. The lowest BCUT2D eigenvalue weighted by Gasteiger charge is -2.21. The third-order valence-corrected chi connectivity index (χ3v) is 4.51. The molecule has 0 bridgehead atoms. The Morgan fingerprint density at radius 1 is 1.07 bits per heavy atom. The number of hydrogen-bond donors (Lipinski definition) is 2. The number of carbonyl (C=O) groups excluding carboxylic acids is 1. The number of pyridine rings is 2. The summed E-state index contributed by atoms with van der Waals surface area (Å²) in [5.41, 5.74) is 3.11. The Morgan fingerprint density at radius 3 is 2.61 bits per heavy atom. The number of esters is 1. The molecule has 6 heteroatoms. The number of aromatic amines is 1. The van der Waals surface area contributed by atoms with Gasteiger partial charge in [-0.25, -0.2) is 9.78 Å². The molecule has 0 saturated heterocycles. The summed E-state index contributed by atoms with van der Waals surface area (Å²) >= 11 is 0. The van der Waals surface area contributed by atoms with E-state index in [2.05, 4.69) is 20.3 Å². The Bertz CT molecular complexity index is 1080. The molecule has 0 radical (unpaired) electrons. The summed E-state index contributed by atoms with van der Waals surface area (Å²) in [6, 6.07) is 17.1. The lowest BCUT2D eigenvalue weighted by atomic mass is 9.96. The second-order valence-electron chi connectivity index (χ2n) is 6.25. The van der Waals surface area contributed by atoms with Gasteiger partial charge in [0.05, 0.1) is 12.6 Å². The molecule has 3 aromatic heterocycles. The van der Waals surface area contributed by atoms with E-state index in [1.807, 2.05) is 54.6 Å². The van der Waals surface area contributed by atoms with E-state index in [4.69, 9.17) is 4.74 Å². The van der Waals surface area contributed by atoms with E-state index >= 15 is 0 Å². The zero-order chi connectivity index (χ0) is 19.3. The van der Waals surface area contributed by atoms with E-state index in [1.165, 1.54) is 0 Å². The number of rotatable bonds is 6. The van der Waals surface area contributed by atoms with Gasteiger partial charge in [-0.3, -0.25) is 4.98 Å². The van der Waals surface area contributed by atoms with Gasteiger partial charge in [-0.2, -0.15) is 0 Å². The van der Waals surface area contributed by atoms with Gasteiger partial charge >= 0.3 is 5.97 Å². The summed E-state index contributed by atoms with van der Waals surface area (Å²) in [7, 11) is 0. The highest BCUT2D eigenvalue weighted by Gasteiger charge is 2.27. The fourth-order valence-corrected chi connectivity index (χ4v) is 3.30. The minimum atomic E-state index is -0.379. The highest BCUT2D eigenvalue weighted by Crippen LogP contribution is 2.34. The van der Waals surface area contributed by atoms with Gasteiger partial charge in [0.2, 0.25) is 0 Å². The molecule has 4 rings (SSSR count). The fraction of sp³-hybridized carbons (Fsp3) is 0.136. The van der Waals surface area contributed by atoms with Crippen molar-refractivity contribution < 1.29 is 9.53 Å². The number of H-pyrrole nitrogens is 1. The maximum Gasteiger partial charge on any atom is 0.355 e. The molecule has 0 fully saturated rings. The van der Waals surface area contributed by atoms with E-state index in [0.717, 1.165) is 22.0 Å². The van der Waals surface area contributed by atoms with Crippen molar-refractivity contribution in [2.45, 2.75) is 13.0 Å². The lowest BCUT2D eigenvalue weighted by molar-refractivity contribution is 0.0519. The van der Waals surface area contributed by atoms with Crippen molar-refractivity contribution in [2.24, 2.45) is 0 Å². The van der Waals surface area contributed by atoms with Crippen LogP contribution in [0.3, 0.4) is 0 Å². The van der Waals surface area contributed by atoms with Crippen LogP contribution < -0.4 is 5.32 Å². The first-order valence-electron chi connectivity index (χ1n) is 9.13. The van der Waals surface area contributed by atoms with Crippen LogP contribution in [0, 0.1) is 0 Å². The zero-order valence-electron chi connectivity index (χ0n) is 15.4. The number of aromatic nitrogens is 3. The normalized spacial score (nSPS) is 11.9. The van der Waals surface area contributed by atoms with Crippen molar-refractivity contribution >= 4 is 22.7 Å². The predicted molar refractivity (Wildman–Crippen MR) is 108 cm³/mol. The van der Waals surface area contributed by atoms with Crippen molar-refractivity contribution in [2.75, 3.05) is 11.9 Å². The molecule has 0 saturated carbocycles. The first-order valence-corrected chi connectivity index (χ1v) is 9.13. The average Bonchev–Trinajstić information content (AvgIpc) is 3.13. The number of anilines is 1. The number of fused-ring (bicyclic) bond motifs is 1. The van der Waals surface area contributed by atoms with Crippen LogP contribution in [-0.2, 0) is 4.74 Å². The van der Waals surface area contributed by atoms with Crippen LogP contribution in [0.2, 0.25) is 0 Å². The molecule has 3 heterocycles. The van der Waals surface area contributed by atoms with Crippen molar-refractivity contribution in [3.63, 3.8) is 0 Å². The Balaban J connectivity index is 1.91. The van der Waals surface area contributed by atoms with Gasteiger partial charge < -0.3 is 15.0 Å². The molecule has 1 unspecified atom stereocenters. The minimum absolute atomic E-state index is 0.307. The summed E-state index contributed by atoms with van der Waals surface area (Å²) in [6.45, 7) is 2.11. The van der Waals surface area contributed by atoms with Gasteiger partial charge in [0.25, 0.3) is 0 Å². The van der Waals surface area contributed by atoms with Crippen molar-refractivity contribution in [1.29, 1.82) is 0 Å². The van der Waals surface area contributed by atoms with Gasteiger partial charge in [0.1, 0.15) is 11.5 Å². The Hall–Kier alpha value is -3.67. The van der Waals surface area contributed by atoms with Gasteiger partial charge in [-0.15, -0.1) is 0 Å². The molecule has 0 aliphatic carbocycles. The Morgan fingerprint density at radius 2 is 1.86 bits per heavy atom. The van der Waals surface area contributed by atoms with Crippen LogP contribution in [0.25, 0.3) is 10.9 Å². The first-order chi connectivity index (χ1) is 13.8. The quantitative estimate of drug-likeness (QED) is 0.492. The van der Waals surface area contributed by atoms with Gasteiger partial charge in [0, 0.05) is 35.1 Å². The molecular weight excluding hydrogens is 352 g/mol. The SMILES string of the molecule is CCOC(=O)c1[nH]c2ccccc2c1C(Nc1ccccn1)c1ccncc1. The average molecular weight is 372 g/mol. The third kappa shape index (κ3) is 3.44. The zero-order valence-corrected chi connectivity index (χ0v) is 15.4. The number of benzene rings is 1. The first kappa shape index (κ1) is 17.7.